The van der Waals surface area contributed by atoms with Crippen LogP contribution in [0.1, 0.15) is 19.3 Å². The lowest BCUT2D eigenvalue weighted by molar-refractivity contribution is 0.00279. The zero-order chi connectivity index (χ0) is 5.82. The van der Waals surface area contributed by atoms with Crippen LogP contribution in [0.25, 0.3) is 0 Å². The summed E-state index contributed by atoms with van der Waals surface area (Å²) in [5.41, 5.74) is 0. The Hall–Kier alpha value is -0.0800. The van der Waals surface area contributed by atoms with Crippen molar-refractivity contribution in [3.63, 3.8) is 0 Å². The second-order valence-corrected chi connectivity index (χ2v) is 2.06. The van der Waals surface area contributed by atoms with Gasteiger partial charge >= 0.3 is 0 Å². The number of hydrogen-bond donors (Lipinski definition) is 1. The van der Waals surface area contributed by atoms with Gasteiger partial charge in [-0.1, -0.05) is 0 Å². The molecule has 8 heavy (non-hydrogen) atoms. The molecule has 1 atom stereocenters. The summed E-state index contributed by atoms with van der Waals surface area (Å²) in [5.74, 6) is 0. The van der Waals surface area contributed by atoms with Crippen LogP contribution in [0.2, 0.25) is 0 Å². The van der Waals surface area contributed by atoms with Gasteiger partial charge < -0.3 is 4.74 Å². The third-order valence-electron chi connectivity index (χ3n) is 1.41. The minimum Gasteiger partial charge on any atom is -0.363 e. The predicted molar refractivity (Wildman–Crippen MR) is 32.1 cm³/mol. The molecule has 0 amide bonds. The third-order valence-corrected chi connectivity index (χ3v) is 1.41. The van der Waals surface area contributed by atoms with Crippen molar-refractivity contribution in [2.75, 3.05) is 6.61 Å². The SMILES string of the molecule is [CH2]NC1CCCCO1. The molecule has 1 heterocycles. The smallest absolute Gasteiger partial charge is 0.108 e. The van der Waals surface area contributed by atoms with Crippen LogP contribution >= 0.6 is 0 Å². The van der Waals surface area contributed by atoms with Gasteiger partial charge in [-0.05, 0) is 19.3 Å². The fraction of sp³-hybridized carbons (Fsp3) is 0.833. The molecule has 0 saturated carbocycles. The van der Waals surface area contributed by atoms with E-state index in [0.29, 0.717) is 0 Å². The summed E-state index contributed by atoms with van der Waals surface area (Å²) in [6, 6.07) is 0. The first-order chi connectivity index (χ1) is 3.93. The molecule has 1 aliphatic heterocycles. The Morgan fingerprint density at radius 2 is 2.38 bits per heavy atom. The van der Waals surface area contributed by atoms with Gasteiger partial charge in [0.2, 0.25) is 0 Å². The number of rotatable bonds is 1. The standard InChI is InChI=1S/C6H12NO/c1-7-6-4-2-3-5-8-6/h6-7H,1-5H2. The van der Waals surface area contributed by atoms with Gasteiger partial charge in [0, 0.05) is 13.7 Å². The van der Waals surface area contributed by atoms with Crippen molar-refractivity contribution in [1.82, 2.24) is 5.32 Å². The zero-order valence-electron chi connectivity index (χ0n) is 5.02. The molecule has 1 N–H and O–H groups in total. The zero-order valence-corrected chi connectivity index (χ0v) is 5.02. The summed E-state index contributed by atoms with van der Waals surface area (Å²) in [4.78, 5) is 0. The van der Waals surface area contributed by atoms with E-state index in [4.69, 9.17) is 4.74 Å². The summed E-state index contributed by atoms with van der Waals surface area (Å²) in [6.45, 7) is 0.896. The number of nitrogens with one attached hydrogen (secondary N) is 1. The second-order valence-electron chi connectivity index (χ2n) is 2.06. The highest BCUT2D eigenvalue weighted by Crippen LogP contribution is 2.08. The molecule has 2 nitrogen and oxygen atoms in total. The monoisotopic (exact) mass is 114 g/mol. The molecule has 0 aromatic heterocycles. The normalized spacial score (nSPS) is 30.4. The van der Waals surface area contributed by atoms with Crippen LogP contribution in [-0.4, -0.2) is 12.8 Å². The first-order valence-electron chi connectivity index (χ1n) is 3.07. The van der Waals surface area contributed by atoms with Crippen molar-refractivity contribution < 1.29 is 4.74 Å². The second kappa shape index (κ2) is 3.05. The average Bonchev–Trinajstić information content (AvgIpc) is 1.90. The van der Waals surface area contributed by atoms with E-state index in [2.05, 4.69) is 12.4 Å². The fourth-order valence-corrected chi connectivity index (χ4v) is 0.902. The van der Waals surface area contributed by atoms with Gasteiger partial charge in [-0.2, -0.15) is 0 Å². The van der Waals surface area contributed by atoms with Crippen LogP contribution < -0.4 is 5.32 Å². The van der Waals surface area contributed by atoms with Crippen molar-refractivity contribution in [1.29, 1.82) is 0 Å². The van der Waals surface area contributed by atoms with E-state index in [-0.39, 0.29) is 6.23 Å². The van der Waals surface area contributed by atoms with E-state index in [0.717, 1.165) is 13.0 Å². The molecule has 1 saturated heterocycles. The summed E-state index contributed by atoms with van der Waals surface area (Å²) in [6.07, 6.45) is 3.82. The van der Waals surface area contributed by atoms with E-state index in [1.165, 1.54) is 12.8 Å². The van der Waals surface area contributed by atoms with E-state index < -0.39 is 0 Å². The lowest BCUT2D eigenvalue weighted by Crippen LogP contribution is -2.29. The van der Waals surface area contributed by atoms with Gasteiger partial charge in [-0.25, -0.2) is 0 Å². The maximum absolute atomic E-state index is 5.25. The molecule has 1 rings (SSSR count). The van der Waals surface area contributed by atoms with Crippen LogP contribution in [-0.2, 0) is 4.74 Å². The lowest BCUT2D eigenvalue weighted by Gasteiger charge is -2.21. The number of ether oxygens (including phenoxy) is 1. The average molecular weight is 114 g/mol. The predicted octanol–water partition coefficient (Wildman–Crippen LogP) is 0.894. The van der Waals surface area contributed by atoms with Crippen LogP contribution in [0.4, 0.5) is 0 Å². The van der Waals surface area contributed by atoms with Crippen molar-refractivity contribution >= 4 is 0 Å². The van der Waals surface area contributed by atoms with Crippen LogP contribution in [0.3, 0.4) is 0 Å². The molecule has 47 valence electrons. The Labute approximate surface area is 50.2 Å². The van der Waals surface area contributed by atoms with Gasteiger partial charge in [0.1, 0.15) is 6.23 Å². The summed E-state index contributed by atoms with van der Waals surface area (Å²) in [5, 5.41) is 2.83. The van der Waals surface area contributed by atoms with E-state index in [9.17, 15) is 0 Å². The first-order valence-corrected chi connectivity index (χ1v) is 3.07. The van der Waals surface area contributed by atoms with Gasteiger partial charge in [-0.3, -0.25) is 5.32 Å². The summed E-state index contributed by atoms with van der Waals surface area (Å²) < 4.78 is 5.25. The highest BCUT2D eigenvalue weighted by atomic mass is 16.5. The Morgan fingerprint density at radius 3 is 2.75 bits per heavy atom. The molecular weight excluding hydrogens is 102 g/mol. The maximum atomic E-state index is 5.25. The van der Waals surface area contributed by atoms with Crippen LogP contribution in [0, 0.1) is 7.05 Å². The Morgan fingerprint density at radius 1 is 1.50 bits per heavy atom. The lowest BCUT2D eigenvalue weighted by atomic mass is 10.2. The van der Waals surface area contributed by atoms with Gasteiger partial charge in [0.05, 0.1) is 0 Å². The Bertz CT molecular complexity index is 59.5. The van der Waals surface area contributed by atoms with E-state index in [1.807, 2.05) is 0 Å². The van der Waals surface area contributed by atoms with Crippen molar-refractivity contribution in [3.05, 3.63) is 7.05 Å². The molecule has 1 fully saturated rings. The topological polar surface area (TPSA) is 21.3 Å². The summed E-state index contributed by atoms with van der Waals surface area (Å²) >= 11 is 0. The molecule has 1 unspecified atom stereocenters. The first kappa shape index (κ1) is 6.05. The quantitative estimate of drug-likeness (QED) is 0.546. The molecule has 1 radical (unpaired) electrons. The number of hydrogen-bond acceptors (Lipinski definition) is 2. The van der Waals surface area contributed by atoms with Gasteiger partial charge in [-0.15, -0.1) is 0 Å². The van der Waals surface area contributed by atoms with Crippen LogP contribution in [0.15, 0.2) is 0 Å². The summed E-state index contributed by atoms with van der Waals surface area (Å²) in [7, 11) is 3.53. The highest BCUT2D eigenvalue weighted by molar-refractivity contribution is 4.59. The fourth-order valence-electron chi connectivity index (χ4n) is 0.902. The Balaban J connectivity index is 2.13. The molecule has 0 bridgehead atoms. The van der Waals surface area contributed by atoms with Crippen molar-refractivity contribution in [2.45, 2.75) is 25.5 Å². The van der Waals surface area contributed by atoms with E-state index in [1.54, 1.807) is 0 Å². The minimum absolute atomic E-state index is 0.226. The Kier molecular flexibility index (Phi) is 2.30. The highest BCUT2D eigenvalue weighted by Gasteiger charge is 2.09. The van der Waals surface area contributed by atoms with Gasteiger partial charge in [0.25, 0.3) is 0 Å². The molecule has 0 aromatic rings. The van der Waals surface area contributed by atoms with Gasteiger partial charge in [0.15, 0.2) is 0 Å². The van der Waals surface area contributed by atoms with Crippen LogP contribution in [0.5, 0.6) is 0 Å². The molecule has 0 aromatic carbocycles. The van der Waals surface area contributed by atoms with Crippen molar-refractivity contribution in [3.8, 4) is 0 Å². The molecule has 2 heteroatoms. The molecule has 0 spiro atoms. The van der Waals surface area contributed by atoms with Crippen molar-refractivity contribution in [2.24, 2.45) is 0 Å². The maximum Gasteiger partial charge on any atom is 0.108 e. The molecule has 0 aliphatic carbocycles. The van der Waals surface area contributed by atoms with E-state index >= 15 is 0 Å². The third kappa shape index (κ3) is 1.46. The molecular formula is C6H12NO. The minimum atomic E-state index is 0.226. The largest absolute Gasteiger partial charge is 0.363 e. The molecule has 1 aliphatic rings.